The molecule has 0 fully saturated rings. The number of hydrogen-bond acceptors (Lipinski definition) is 11. The Morgan fingerprint density at radius 1 is 0.784 bits per heavy atom. The van der Waals surface area contributed by atoms with Crippen LogP contribution >= 0.6 is 0 Å². The highest BCUT2D eigenvalue weighted by molar-refractivity contribution is 6.10. The van der Waals surface area contributed by atoms with Gasteiger partial charge in [0.15, 0.2) is 11.4 Å². The normalized spacial score (nSPS) is 17.2. The molecule has 262 valence electrons. The molecule has 0 amide bonds. The molecule has 0 saturated heterocycles. The second-order valence-electron chi connectivity index (χ2n) is 13.1. The van der Waals surface area contributed by atoms with Crippen molar-refractivity contribution in [2.75, 3.05) is 0 Å². The van der Waals surface area contributed by atoms with E-state index in [0.717, 1.165) is 29.8 Å². The molecule has 3 unspecified atom stereocenters. The minimum atomic E-state index is -1.27. The molecule has 6 rings (SSSR count). The number of phenols is 8. The van der Waals surface area contributed by atoms with E-state index in [2.05, 4.69) is 0 Å². The highest BCUT2D eigenvalue weighted by atomic mass is 16.3. The molecule has 1 aromatic heterocycles. The number of ketones is 1. The molecule has 51 heavy (non-hydrogen) atoms. The Morgan fingerprint density at radius 3 is 2.04 bits per heavy atom. The molecule has 0 radical (unpaired) electrons. The average molecular weight is 693 g/mol. The van der Waals surface area contributed by atoms with Crippen molar-refractivity contribution in [3.05, 3.63) is 111 Å². The monoisotopic (exact) mass is 692 g/mol. The van der Waals surface area contributed by atoms with Crippen molar-refractivity contribution >= 4 is 22.3 Å². The Morgan fingerprint density at radius 2 is 1.41 bits per heavy atom. The molecule has 11 heteroatoms. The maximum Gasteiger partial charge on any atom is 0.200 e. The van der Waals surface area contributed by atoms with E-state index >= 15 is 0 Å². The fourth-order valence-electron chi connectivity index (χ4n) is 6.91. The zero-order valence-corrected chi connectivity index (χ0v) is 27.9. The van der Waals surface area contributed by atoms with Crippen molar-refractivity contribution in [1.82, 2.24) is 0 Å². The molecule has 0 spiro atoms. The number of allylic oxidation sites excluding steroid dienone is 4. The first-order valence-corrected chi connectivity index (χ1v) is 16.2. The minimum absolute atomic E-state index is 0.0368. The Bertz CT molecular complexity index is 2340. The van der Waals surface area contributed by atoms with E-state index in [0.29, 0.717) is 0 Å². The number of carbonyl (C=O) groups is 1. The Hall–Kier alpha value is -6.36. The summed E-state index contributed by atoms with van der Waals surface area (Å²) in [4.78, 5) is 29.0. The van der Waals surface area contributed by atoms with Crippen LogP contribution in [0.15, 0.2) is 87.6 Å². The van der Waals surface area contributed by atoms with Gasteiger partial charge in [-0.1, -0.05) is 30.7 Å². The van der Waals surface area contributed by atoms with Gasteiger partial charge >= 0.3 is 0 Å². The highest BCUT2D eigenvalue weighted by Gasteiger charge is 2.42. The Kier molecular flexibility index (Phi) is 8.90. The molecular formula is C40H36O11. The van der Waals surface area contributed by atoms with Crippen molar-refractivity contribution in [1.29, 1.82) is 0 Å². The quantitative estimate of drug-likeness (QED) is 0.0626. The zero-order valence-electron chi connectivity index (χ0n) is 27.9. The van der Waals surface area contributed by atoms with Crippen LogP contribution in [0.25, 0.3) is 27.9 Å². The largest absolute Gasteiger partial charge is 0.508 e. The molecule has 0 bridgehead atoms. The highest BCUT2D eigenvalue weighted by Crippen LogP contribution is 2.53. The SMILES string of the molecule is CC(C)=CCc1c(-c2ccc(O)cc2O)oc2c(C3=CC(C)CC(c4ccc(O)cc4O)C3C(=O)c3ccc(O)cc3O)c(O)cc(O)c2c1=O. The van der Waals surface area contributed by atoms with E-state index < -0.39 is 46.0 Å². The van der Waals surface area contributed by atoms with Gasteiger partial charge < -0.3 is 45.3 Å². The van der Waals surface area contributed by atoms with Gasteiger partial charge in [-0.3, -0.25) is 9.59 Å². The molecule has 1 aliphatic carbocycles. The molecule has 1 heterocycles. The second kappa shape index (κ2) is 13.2. The minimum Gasteiger partial charge on any atom is -0.508 e. The fourth-order valence-corrected chi connectivity index (χ4v) is 6.91. The molecule has 3 atom stereocenters. The molecule has 0 aliphatic heterocycles. The maximum absolute atomic E-state index is 14.6. The summed E-state index contributed by atoms with van der Waals surface area (Å²) in [6.07, 6.45) is 3.79. The second-order valence-corrected chi connectivity index (χ2v) is 13.1. The molecule has 4 aromatic carbocycles. The van der Waals surface area contributed by atoms with Crippen LogP contribution < -0.4 is 5.43 Å². The van der Waals surface area contributed by atoms with Crippen LogP contribution in [0.5, 0.6) is 46.0 Å². The molecule has 5 aromatic rings. The van der Waals surface area contributed by atoms with Gasteiger partial charge in [0.1, 0.15) is 57.1 Å². The Balaban J connectivity index is 1.71. The number of Topliss-reactive ketones (excluding diaryl/α,β-unsaturated/α-hetero) is 1. The molecule has 0 saturated carbocycles. The van der Waals surface area contributed by atoms with Crippen molar-refractivity contribution in [3.8, 4) is 57.3 Å². The molecule has 8 N–H and O–H groups in total. The first-order valence-electron chi connectivity index (χ1n) is 16.2. The predicted octanol–water partition coefficient (Wildman–Crippen LogP) is 7.32. The van der Waals surface area contributed by atoms with E-state index in [1.165, 1.54) is 36.4 Å². The van der Waals surface area contributed by atoms with Gasteiger partial charge in [0, 0.05) is 35.7 Å². The first kappa shape index (κ1) is 34.5. The summed E-state index contributed by atoms with van der Waals surface area (Å²) < 4.78 is 6.44. The van der Waals surface area contributed by atoms with E-state index in [1.807, 2.05) is 20.8 Å². The number of fused-ring (bicyclic) bond motifs is 1. The summed E-state index contributed by atoms with van der Waals surface area (Å²) in [7, 11) is 0. The number of phenolic OH excluding ortho intramolecular Hbond substituents is 8. The van der Waals surface area contributed by atoms with Crippen LogP contribution in [-0.4, -0.2) is 46.6 Å². The van der Waals surface area contributed by atoms with Crippen molar-refractivity contribution < 1.29 is 50.1 Å². The van der Waals surface area contributed by atoms with Gasteiger partial charge in [-0.15, -0.1) is 0 Å². The fraction of sp³-hybridized carbons (Fsp3) is 0.200. The number of benzene rings is 4. The third-order valence-corrected chi connectivity index (χ3v) is 9.22. The summed E-state index contributed by atoms with van der Waals surface area (Å²) in [5, 5.41) is 85.2. The number of aromatic hydroxyl groups is 8. The van der Waals surface area contributed by atoms with Gasteiger partial charge in [-0.25, -0.2) is 0 Å². The van der Waals surface area contributed by atoms with Gasteiger partial charge in [0.2, 0.25) is 5.43 Å². The van der Waals surface area contributed by atoms with E-state index in [9.17, 15) is 50.4 Å². The molecule has 1 aliphatic rings. The van der Waals surface area contributed by atoms with Crippen LogP contribution in [0.1, 0.15) is 60.2 Å². The number of hydrogen-bond donors (Lipinski definition) is 8. The third kappa shape index (κ3) is 6.29. The maximum atomic E-state index is 14.6. The van der Waals surface area contributed by atoms with Crippen molar-refractivity contribution in [3.63, 3.8) is 0 Å². The van der Waals surface area contributed by atoms with Crippen molar-refractivity contribution in [2.45, 2.75) is 39.5 Å². The van der Waals surface area contributed by atoms with Gasteiger partial charge in [0.25, 0.3) is 0 Å². The summed E-state index contributed by atoms with van der Waals surface area (Å²) in [6, 6.07) is 12.1. The smallest absolute Gasteiger partial charge is 0.200 e. The molecular weight excluding hydrogens is 656 g/mol. The zero-order chi connectivity index (χ0) is 36.9. The number of carbonyl (C=O) groups excluding carboxylic acids is 1. The lowest BCUT2D eigenvalue weighted by molar-refractivity contribution is 0.0924. The summed E-state index contributed by atoms with van der Waals surface area (Å²) in [6.45, 7) is 5.50. The standard InChI is InChI=1S/C40H36O11/c1-18(2)4-8-26-38(50)36-33(48)17-32(47)35(40(36)51-39(26)25-11-7-22(43)16-31(25)46)28-13-19(3)12-27(23-9-5-20(41)14-29(23)44)34(28)37(49)24-10-6-21(42)15-30(24)45/h4-7,9-11,13-17,19,27,34,41-48H,8,12H2,1-3H3. The third-order valence-electron chi connectivity index (χ3n) is 9.22. The molecule has 11 nitrogen and oxygen atoms in total. The topological polar surface area (TPSA) is 209 Å². The Labute approximate surface area is 291 Å². The van der Waals surface area contributed by atoms with E-state index in [4.69, 9.17) is 4.42 Å². The van der Waals surface area contributed by atoms with Crippen LogP contribution in [0.4, 0.5) is 0 Å². The van der Waals surface area contributed by atoms with Crippen LogP contribution in [0.2, 0.25) is 0 Å². The summed E-state index contributed by atoms with van der Waals surface area (Å²) >= 11 is 0. The van der Waals surface area contributed by atoms with E-state index in [-0.39, 0.29) is 91.9 Å². The van der Waals surface area contributed by atoms with Gasteiger partial charge in [0.05, 0.1) is 22.6 Å². The lowest BCUT2D eigenvalue weighted by Gasteiger charge is -2.36. The lowest BCUT2D eigenvalue weighted by atomic mass is 9.67. The van der Waals surface area contributed by atoms with Gasteiger partial charge in [-0.2, -0.15) is 0 Å². The first-order chi connectivity index (χ1) is 24.2. The summed E-state index contributed by atoms with van der Waals surface area (Å²) in [5.74, 6) is -6.32. The summed E-state index contributed by atoms with van der Waals surface area (Å²) in [5.41, 5.74) is 0.123. The van der Waals surface area contributed by atoms with Crippen LogP contribution in [-0.2, 0) is 6.42 Å². The van der Waals surface area contributed by atoms with Crippen LogP contribution in [0, 0.1) is 11.8 Å². The average Bonchev–Trinajstić information content (AvgIpc) is 3.03. The number of rotatable bonds is 7. The predicted molar refractivity (Wildman–Crippen MR) is 190 cm³/mol. The van der Waals surface area contributed by atoms with E-state index in [1.54, 1.807) is 12.2 Å². The van der Waals surface area contributed by atoms with Crippen molar-refractivity contribution in [2.24, 2.45) is 11.8 Å². The van der Waals surface area contributed by atoms with Crippen LogP contribution in [0.3, 0.4) is 0 Å². The lowest BCUT2D eigenvalue weighted by Crippen LogP contribution is -2.29. The van der Waals surface area contributed by atoms with Gasteiger partial charge in [-0.05, 0) is 74.1 Å².